The van der Waals surface area contributed by atoms with Crippen molar-refractivity contribution in [1.82, 2.24) is 15.5 Å². The molecule has 0 amide bonds. The van der Waals surface area contributed by atoms with Crippen LogP contribution < -0.4 is 10.1 Å². The van der Waals surface area contributed by atoms with Gasteiger partial charge in [-0.05, 0) is 19.1 Å². The molecule has 0 radical (unpaired) electrons. The first kappa shape index (κ1) is 11.1. The molecule has 0 saturated heterocycles. The van der Waals surface area contributed by atoms with E-state index in [1.54, 1.807) is 12.1 Å². The first-order valence-electron chi connectivity index (χ1n) is 5.92. The van der Waals surface area contributed by atoms with Crippen LogP contribution in [-0.2, 0) is 6.54 Å². The topological polar surface area (TPSA) is 70.2 Å². The molecule has 94 valence electrons. The molecule has 0 bridgehead atoms. The summed E-state index contributed by atoms with van der Waals surface area (Å²) in [5.41, 5.74) is 3.32. The van der Waals surface area contributed by atoms with E-state index in [4.69, 9.17) is 4.74 Å². The van der Waals surface area contributed by atoms with Crippen LogP contribution in [0.4, 0.5) is 0 Å². The molecule has 1 aromatic heterocycles. The Morgan fingerprint density at radius 2 is 2.44 bits per heavy atom. The number of benzene rings is 1. The number of ether oxygens (including phenoxy) is 1. The summed E-state index contributed by atoms with van der Waals surface area (Å²) in [4.78, 5) is 0. The standard InChI is InChI=1S/C13H15N3O2/c1-8-9(6-15-16-8)5-14-12-7-18-13-4-10(17)2-3-11(12)13/h2-4,6,12,14,17H,5,7H2,1H3,(H,15,16). The highest BCUT2D eigenvalue weighted by molar-refractivity contribution is 5.44. The fourth-order valence-corrected chi connectivity index (χ4v) is 2.15. The van der Waals surface area contributed by atoms with Crippen LogP contribution in [0, 0.1) is 6.92 Å². The third-order valence-corrected chi connectivity index (χ3v) is 3.25. The predicted molar refractivity (Wildman–Crippen MR) is 66.5 cm³/mol. The number of nitrogens with zero attached hydrogens (tertiary/aromatic N) is 1. The van der Waals surface area contributed by atoms with Crippen LogP contribution >= 0.6 is 0 Å². The molecule has 1 aliphatic heterocycles. The van der Waals surface area contributed by atoms with Gasteiger partial charge in [0.15, 0.2) is 0 Å². The lowest BCUT2D eigenvalue weighted by atomic mass is 10.1. The van der Waals surface area contributed by atoms with Gasteiger partial charge in [0.25, 0.3) is 0 Å². The first-order valence-corrected chi connectivity index (χ1v) is 5.92. The molecule has 1 unspecified atom stereocenters. The van der Waals surface area contributed by atoms with Crippen LogP contribution in [-0.4, -0.2) is 21.9 Å². The van der Waals surface area contributed by atoms with E-state index in [0.29, 0.717) is 6.61 Å². The summed E-state index contributed by atoms with van der Waals surface area (Å²) in [6.45, 7) is 3.34. The van der Waals surface area contributed by atoms with Crippen LogP contribution in [0.15, 0.2) is 24.4 Å². The van der Waals surface area contributed by atoms with Crippen molar-refractivity contribution in [3.8, 4) is 11.5 Å². The molecular formula is C13H15N3O2. The lowest BCUT2D eigenvalue weighted by Crippen LogP contribution is -2.22. The second kappa shape index (κ2) is 4.34. The van der Waals surface area contributed by atoms with Crippen molar-refractivity contribution < 1.29 is 9.84 Å². The molecule has 3 rings (SSSR count). The number of aromatic hydroxyl groups is 1. The zero-order chi connectivity index (χ0) is 12.5. The summed E-state index contributed by atoms with van der Waals surface area (Å²) in [5.74, 6) is 0.997. The number of phenolic OH excluding ortho intramolecular Hbond substituents is 1. The SMILES string of the molecule is Cc1[nH]ncc1CNC1COc2cc(O)ccc21. The number of nitrogens with one attached hydrogen (secondary N) is 2. The molecular weight excluding hydrogens is 230 g/mol. The van der Waals surface area contributed by atoms with Crippen LogP contribution in [0.1, 0.15) is 22.9 Å². The van der Waals surface area contributed by atoms with Crippen molar-refractivity contribution in [3.05, 3.63) is 41.2 Å². The van der Waals surface area contributed by atoms with Gasteiger partial charge in [-0.2, -0.15) is 5.10 Å². The minimum atomic E-state index is 0.162. The summed E-state index contributed by atoms with van der Waals surface area (Å²) in [6.07, 6.45) is 1.83. The fraction of sp³-hybridized carbons (Fsp3) is 0.308. The summed E-state index contributed by atoms with van der Waals surface area (Å²) < 4.78 is 5.55. The monoisotopic (exact) mass is 245 g/mol. The minimum Gasteiger partial charge on any atom is -0.508 e. The third kappa shape index (κ3) is 1.93. The Morgan fingerprint density at radius 3 is 3.22 bits per heavy atom. The Morgan fingerprint density at radius 1 is 1.56 bits per heavy atom. The van der Waals surface area contributed by atoms with Crippen molar-refractivity contribution >= 4 is 0 Å². The number of aryl methyl sites for hydroxylation is 1. The molecule has 0 aliphatic carbocycles. The van der Waals surface area contributed by atoms with E-state index in [1.807, 2.05) is 19.2 Å². The van der Waals surface area contributed by atoms with Gasteiger partial charge in [0.05, 0.1) is 12.2 Å². The smallest absolute Gasteiger partial charge is 0.127 e. The first-order chi connectivity index (χ1) is 8.74. The largest absolute Gasteiger partial charge is 0.508 e. The molecule has 5 heteroatoms. The second-order valence-electron chi connectivity index (χ2n) is 4.49. The lowest BCUT2D eigenvalue weighted by Gasteiger charge is -2.11. The summed E-state index contributed by atoms with van der Waals surface area (Å²) in [7, 11) is 0. The molecule has 18 heavy (non-hydrogen) atoms. The maximum Gasteiger partial charge on any atom is 0.127 e. The van der Waals surface area contributed by atoms with E-state index in [0.717, 1.165) is 29.1 Å². The van der Waals surface area contributed by atoms with E-state index in [-0.39, 0.29) is 11.8 Å². The normalized spacial score (nSPS) is 17.5. The van der Waals surface area contributed by atoms with Gasteiger partial charge in [0.1, 0.15) is 18.1 Å². The second-order valence-corrected chi connectivity index (χ2v) is 4.49. The van der Waals surface area contributed by atoms with E-state index in [9.17, 15) is 5.11 Å². The summed E-state index contributed by atoms with van der Waals surface area (Å²) >= 11 is 0. The Hall–Kier alpha value is -2.01. The molecule has 0 saturated carbocycles. The number of H-pyrrole nitrogens is 1. The maximum atomic E-state index is 9.39. The third-order valence-electron chi connectivity index (χ3n) is 3.25. The Balaban J connectivity index is 1.71. The van der Waals surface area contributed by atoms with Gasteiger partial charge in [0, 0.05) is 29.4 Å². The quantitative estimate of drug-likeness (QED) is 0.769. The molecule has 1 aliphatic rings. The van der Waals surface area contributed by atoms with Crippen molar-refractivity contribution in [2.45, 2.75) is 19.5 Å². The number of aromatic nitrogens is 2. The minimum absolute atomic E-state index is 0.162. The average Bonchev–Trinajstić information content (AvgIpc) is 2.93. The number of rotatable bonds is 3. The zero-order valence-electron chi connectivity index (χ0n) is 10.1. The number of fused-ring (bicyclic) bond motifs is 1. The molecule has 0 fully saturated rings. The van der Waals surface area contributed by atoms with E-state index >= 15 is 0 Å². The van der Waals surface area contributed by atoms with Crippen molar-refractivity contribution in [2.75, 3.05) is 6.61 Å². The van der Waals surface area contributed by atoms with Gasteiger partial charge in [0.2, 0.25) is 0 Å². The Kier molecular flexibility index (Phi) is 2.68. The van der Waals surface area contributed by atoms with Crippen molar-refractivity contribution in [3.63, 3.8) is 0 Å². The van der Waals surface area contributed by atoms with Gasteiger partial charge in [-0.25, -0.2) is 0 Å². The lowest BCUT2D eigenvalue weighted by molar-refractivity contribution is 0.309. The highest BCUT2D eigenvalue weighted by atomic mass is 16.5. The van der Waals surface area contributed by atoms with Gasteiger partial charge in [-0.1, -0.05) is 0 Å². The molecule has 1 aromatic carbocycles. The molecule has 1 atom stereocenters. The van der Waals surface area contributed by atoms with E-state index in [2.05, 4.69) is 15.5 Å². The highest BCUT2D eigenvalue weighted by Crippen LogP contribution is 2.34. The number of aromatic amines is 1. The van der Waals surface area contributed by atoms with Crippen LogP contribution in [0.25, 0.3) is 0 Å². The fourth-order valence-electron chi connectivity index (χ4n) is 2.15. The number of hydrogen-bond donors (Lipinski definition) is 3. The molecule has 3 N–H and O–H groups in total. The number of hydrogen-bond acceptors (Lipinski definition) is 4. The van der Waals surface area contributed by atoms with Crippen LogP contribution in [0.3, 0.4) is 0 Å². The van der Waals surface area contributed by atoms with Crippen LogP contribution in [0.2, 0.25) is 0 Å². The van der Waals surface area contributed by atoms with Crippen molar-refractivity contribution in [1.29, 1.82) is 0 Å². The summed E-state index contributed by atoms with van der Waals surface area (Å²) in [6, 6.07) is 5.40. The van der Waals surface area contributed by atoms with Gasteiger partial charge >= 0.3 is 0 Å². The molecule has 5 nitrogen and oxygen atoms in total. The number of phenols is 1. The van der Waals surface area contributed by atoms with Gasteiger partial charge in [-0.15, -0.1) is 0 Å². The van der Waals surface area contributed by atoms with Gasteiger partial charge in [-0.3, -0.25) is 5.10 Å². The van der Waals surface area contributed by atoms with Crippen molar-refractivity contribution in [2.24, 2.45) is 0 Å². The highest BCUT2D eigenvalue weighted by Gasteiger charge is 2.24. The van der Waals surface area contributed by atoms with Gasteiger partial charge < -0.3 is 15.2 Å². The molecule has 2 aromatic rings. The van der Waals surface area contributed by atoms with E-state index < -0.39 is 0 Å². The van der Waals surface area contributed by atoms with Crippen LogP contribution in [0.5, 0.6) is 11.5 Å². The molecule has 0 spiro atoms. The zero-order valence-corrected chi connectivity index (χ0v) is 10.1. The molecule has 2 heterocycles. The predicted octanol–water partition coefficient (Wildman–Crippen LogP) is 1.65. The summed E-state index contributed by atoms with van der Waals surface area (Å²) in [5, 5.41) is 19.7. The van der Waals surface area contributed by atoms with E-state index in [1.165, 1.54) is 0 Å². The average molecular weight is 245 g/mol. The maximum absolute atomic E-state index is 9.39. The Labute approximate surface area is 105 Å². The Bertz CT molecular complexity index is 565.